The summed E-state index contributed by atoms with van der Waals surface area (Å²) < 4.78 is 95.2. The van der Waals surface area contributed by atoms with Gasteiger partial charge in [0.05, 0.1) is 24.3 Å². The number of halogens is 10. The number of anilines is 5. The van der Waals surface area contributed by atoms with Crippen LogP contribution in [0.3, 0.4) is 0 Å². The van der Waals surface area contributed by atoms with Crippen LogP contribution in [0.1, 0.15) is 40.9 Å². The number of amides is 2. The van der Waals surface area contributed by atoms with Gasteiger partial charge in [-0.2, -0.15) is 44.5 Å². The minimum absolute atomic E-state index is 0.0417. The minimum Gasteiger partial charge on any atom is -0.475 e. The molecule has 27 heteroatoms. The zero-order valence-electron chi connectivity index (χ0n) is 31.1. The zero-order valence-corrected chi connectivity index (χ0v) is 31.9. The van der Waals surface area contributed by atoms with E-state index in [-0.39, 0.29) is 17.7 Å². The molecule has 4 aromatic rings. The summed E-state index contributed by atoms with van der Waals surface area (Å²) in [6.45, 7) is 1.18. The van der Waals surface area contributed by atoms with E-state index in [2.05, 4.69) is 40.9 Å². The van der Waals surface area contributed by atoms with Crippen LogP contribution in [-0.4, -0.2) is 106 Å². The number of piperidine rings is 1. The lowest BCUT2D eigenvalue weighted by Gasteiger charge is -2.31. The lowest BCUT2D eigenvalue weighted by molar-refractivity contribution is -0.193. The first-order valence-electron chi connectivity index (χ1n) is 17.2. The summed E-state index contributed by atoms with van der Waals surface area (Å²) >= 11 is 6.37. The van der Waals surface area contributed by atoms with Crippen molar-refractivity contribution in [3.63, 3.8) is 0 Å². The Morgan fingerprint density at radius 1 is 0.742 bits per heavy atom. The van der Waals surface area contributed by atoms with Gasteiger partial charge in [0.1, 0.15) is 10.7 Å². The molecule has 0 saturated carbocycles. The SMILES string of the molecule is O=C(CC1CCN(C(=O)c2cnccn2)CC1)Nc1ccc2cc1CCc1cncc(c1)Nc1ncc(Cl)c(n1)N2.O=C(O)C(F)(F)F.O=C(O)C(F)(F)F.O=C(O)C(F)(F)F. The summed E-state index contributed by atoms with van der Waals surface area (Å²) in [5.41, 5.74) is 4.71. The first-order chi connectivity index (χ1) is 28.8. The van der Waals surface area contributed by atoms with E-state index in [1.165, 1.54) is 12.4 Å². The van der Waals surface area contributed by atoms with Crippen LogP contribution in [0.4, 0.5) is 68.3 Å². The number of carbonyl (C=O) groups excluding carboxylic acids is 2. The quantitative estimate of drug-likeness (QED) is 0.117. The molecule has 1 fully saturated rings. The van der Waals surface area contributed by atoms with Crippen LogP contribution in [0.15, 0.2) is 61.4 Å². The standard InChI is InChI=1S/C29H28ClN9O2.3C2HF3O2/c30-23-16-34-29-36-22-11-19(14-32-15-22)1-2-20-13-21(35-27(23)38-29)3-4-24(20)37-26(40)12-18-5-9-39(10-6-18)28(41)25-17-31-7-8-33-25;3*3-2(4,5)1(6)7/h3-4,7-8,11,13-18H,1-2,5-6,9-10,12H2,(H,37,40)(H2,34,35,36,38);3*(H,6,7). The number of rotatable bonds is 4. The van der Waals surface area contributed by atoms with E-state index in [4.69, 9.17) is 41.3 Å². The number of fused-ring (bicyclic) bond motifs is 6. The Bertz CT molecular complexity index is 2150. The van der Waals surface area contributed by atoms with Crippen LogP contribution in [0.2, 0.25) is 5.02 Å². The van der Waals surface area contributed by atoms with Gasteiger partial charge in [0.2, 0.25) is 11.9 Å². The molecule has 0 atom stereocenters. The van der Waals surface area contributed by atoms with Crippen LogP contribution in [0.5, 0.6) is 0 Å². The maximum absolute atomic E-state index is 13.1. The van der Waals surface area contributed by atoms with E-state index < -0.39 is 36.4 Å². The third-order valence-electron chi connectivity index (χ3n) is 8.01. The molecule has 2 amide bonds. The topological polar surface area (TPSA) is 250 Å². The number of aromatic nitrogens is 5. The van der Waals surface area contributed by atoms with Crippen molar-refractivity contribution in [2.45, 2.75) is 50.6 Å². The molecule has 6 N–H and O–H groups in total. The van der Waals surface area contributed by atoms with Gasteiger partial charge in [-0.25, -0.2) is 24.4 Å². The van der Waals surface area contributed by atoms with E-state index in [1.807, 2.05) is 30.5 Å². The Balaban J connectivity index is 0.000000403. The second-order valence-corrected chi connectivity index (χ2v) is 13.0. The molecule has 0 aliphatic carbocycles. The number of carboxylic acid groups (broad SMARTS) is 3. The van der Waals surface area contributed by atoms with E-state index in [9.17, 15) is 49.1 Å². The number of benzene rings is 1. The Hall–Kier alpha value is -6.86. The number of nitrogens with one attached hydrogen (secondary N) is 3. The normalized spacial score (nSPS) is 13.7. The molecular formula is C35H31ClF9N9O8. The van der Waals surface area contributed by atoms with Crippen molar-refractivity contribution in [1.82, 2.24) is 29.8 Å². The fourth-order valence-corrected chi connectivity index (χ4v) is 5.27. The predicted molar refractivity (Wildman–Crippen MR) is 197 cm³/mol. The van der Waals surface area contributed by atoms with Crippen molar-refractivity contribution in [3.05, 3.63) is 83.3 Å². The maximum atomic E-state index is 13.1. The van der Waals surface area contributed by atoms with Gasteiger partial charge in [-0.1, -0.05) is 11.6 Å². The highest BCUT2D eigenvalue weighted by atomic mass is 35.5. The monoisotopic (exact) mass is 911 g/mol. The molecule has 0 unspecified atom stereocenters. The molecular weight excluding hydrogens is 881 g/mol. The van der Waals surface area contributed by atoms with Gasteiger partial charge in [-0.05, 0) is 67.0 Å². The molecule has 0 radical (unpaired) electrons. The fraction of sp³-hybridized carbons (Fsp3) is 0.314. The number of likely N-dealkylation sites (tertiary alicyclic amines) is 1. The number of aliphatic carboxylic acids is 3. The highest BCUT2D eigenvalue weighted by Crippen LogP contribution is 2.30. The van der Waals surface area contributed by atoms with E-state index >= 15 is 0 Å². The number of carboxylic acids is 3. The first-order valence-corrected chi connectivity index (χ1v) is 17.6. The van der Waals surface area contributed by atoms with Crippen molar-refractivity contribution in [2.75, 3.05) is 29.0 Å². The lowest BCUT2D eigenvalue weighted by Crippen LogP contribution is -2.39. The summed E-state index contributed by atoms with van der Waals surface area (Å²) in [4.78, 5) is 75.5. The minimum atomic E-state index is -5.08. The molecule has 6 bridgehead atoms. The van der Waals surface area contributed by atoms with Crippen molar-refractivity contribution in [2.24, 2.45) is 5.92 Å². The molecule has 3 aromatic heterocycles. The Kier molecular flexibility index (Phi) is 17.2. The summed E-state index contributed by atoms with van der Waals surface area (Å²) in [6.07, 6.45) is -2.28. The van der Waals surface area contributed by atoms with Gasteiger partial charge in [-0.15, -0.1) is 0 Å². The van der Waals surface area contributed by atoms with E-state index in [0.717, 1.165) is 47.5 Å². The van der Waals surface area contributed by atoms with Gasteiger partial charge < -0.3 is 36.2 Å². The first kappa shape index (κ1) is 49.5. The molecule has 1 aromatic carbocycles. The number of carbonyl (C=O) groups is 5. The predicted octanol–water partition coefficient (Wildman–Crippen LogP) is 6.68. The fourth-order valence-electron chi connectivity index (χ4n) is 5.13. The summed E-state index contributed by atoms with van der Waals surface area (Å²) in [7, 11) is 0. The Morgan fingerprint density at radius 3 is 1.89 bits per heavy atom. The van der Waals surface area contributed by atoms with Crippen LogP contribution >= 0.6 is 11.6 Å². The Morgan fingerprint density at radius 2 is 1.34 bits per heavy atom. The average Bonchev–Trinajstić information content (AvgIpc) is 3.19. The average molecular weight is 912 g/mol. The molecule has 5 heterocycles. The van der Waals surface area contributed by atoms with Crippen LogP contribution in [0, 0.1) is 5.92 Å². The molecule has 6 rings (SSSR count). The highest BCUT2D eigenvalue weighted by molar-refractivity contribution is 6.32. The molecule has 0 spiro atoms. The van der Waals surface area contributed by atoms with Gasteiger partial charge in [0, 0.05) is 49.5 Å². The Labute approximate surface area is 347 Å². The largest absolute Gasteiger partial charge is 0.490 e. The number of aryl methyl sites for hydroxylation is 2. The van der Waals surface area contributed by atoms with Crippen molar-refractivity contribution in [1.29, 1.82) is 0 Å². The second kappa shape index (κ2) is 21.6. The van der Waals surface area contributed by atoms with E-state index in [1.54, 1.807) is 23.5 Å². The molecule has 2 aliphatic rings. The molecule has 2 aliphatic heterocycles. The van der Waals surface area contributed by atoms with Crippen LogP contribution in [-0.2, 0) is 32.0 Å². The molecule has 17 nitrogen and oxygen atoms in total. The smallest absolute Gasteiger partial charge is 0.475 e. The van der Waals surface area contributed by atoms with Gasteiger partial charge in [0.25, 0.3) is 5.91 Å². The molecule has 334 valence electrons. The summed E-state index contributed by atoms with van der Waals surface area (Å²) in [5, 5.41) is 31.4. The van der Waals surface area contributed by atoms with Crippen LogP contribution < -0.4 is 16.0 Å². The van der Waals surface area contributed by atoms with Crippen molar-refractivity contribution < 1.29 is 78.8 Å². The number of hydrogen-bond donors (Lipinski definition) is 6. The number of pyridine rings is 1. The number of nitrogens with zero attached hydrogens (tertiary/aromatic N) is 6. The summed E-state index contributed by atoms with van der Waals surface area (Å²) in [5.74, 6) is -7.36. The molecule has 62 heavy (non-hydrogen) atoms. The van der Waals surface area contributed by atoms with Crippen molar-refractivity contribution >= 4 is 70.2 Å². The summed E-state index contributed by atoms with van der Waals surface area (Å²) in [6, 6.07) is 7.81. The van der Waals surface area contributed by atoms with Gasteiger partial charge in [0.15, 0.2) is 5.82 Å². The van der Waals surface area contributed by atoms with Crippen LogP contribution in [0.25, 0.3) is 0 Å². The van der Waals surface area contributed by atoms with Crippen molar-refractivity contribution in [3.8, 4) is 0 Å². The third-order valence-corrected chi connectivity index (χ3v) is 8.28. The van der Waals surface area contributed by atoms with Gasteiger partial charge >= 0.3 is 36.4 Å². The zero-order chi connectivity index (χ0) is 46.4. The van der Waals surface area contributed by atoms with E-state index in [0.29, 0.717) is 48.4 Å². The number of hydrogen-bond acceptors (Lipinski definition) is 12. The number of alkyl halides is 9. The third kappa shape index (κ3) is 16.3. The second-order valence-electron chi connectivity index (χ2n) is 12.6. The lowest BCUT2D eigenvalue weighted by atomic mass is 9.93. The highest BCUT2D eigenvalue weighted by Gasteiger charge is 2.39. The van der Waals surface area contributed by atoms with Gasteiger partial charge in [-0.3, -0.25) is 19.6 Å². The molecule has 1 saturated heterocycles. The maximum Gasteiger partial charge on any atom is 0.490 e.